The molecule has 3 heterocycles. The van der Waals surface area contributed by atoms with E-state index in [0.29, 0.717) is 4.90 Å². The minimum Gasteiger partial charge on any atom is -0.448 e. The van der Waals surface area contributed by atoms with Crippen LogP contribution in [-0.4, -0.2) is 53.4 Å². The minimum absolute atomic E-state index is 0.0433. The van der Waals surface area contributed by atoms with Crippen molar-refractivity contribution in [3.8, 4) is 5.75 Å². The number of carbonyl (C=O) groups excluding carboxylic acids is 2. The van der Waals surface area contributed by atoms with Crippen LogP contribution in [0.3, 0.4) is 0 Å². The highest BCUT2D eigenvalue weighted by atomic mass is 35.5. The third kappa shape index (κ3) is 7.57. The van der Waals surface area contributed by atoms with Crippen LogP contribution in [0.5, 0.6) is 5.75 Å². The molecular formula is C29H29ClF3N3O6S. The van der Waals surface area contributed by atoms with E-state index in [4.69, 9.17) is 21.1 Å². The van der Waals surface area contributed by atoms with Crippen molar-refractivity contribution in [3.63, 3.8) is 0 Å². The maximum Gasteiger partial charge on any atom is 0.511 e. The second-order valence-corrected chi connectivity index (χ2v) is 10.9. The third-order valence-electron chi connectivity index (χ3n) is 6.62. The molecule has 1 aromatic heterocycles. The number of hydrogen-bond donors (Lipinski definition) is 1. The molecule has 43 heavy (non-hydrogen) atoms. The Morgan fingerprint density at radius 1 is 1.09 bits per heavy atom. The van der Waals surface area contributed by atoms with Crippen LogP contribution >= 0.6 is 23.4 Å². The molecule has 0 radical (unpaired) electrons. The lowest BCUT2D eigenvalue weighted by atomic mass is 10.0. The fourth-order valence-electron chi connectivity index (χ4n) is 4.37. The Bertz CT molecular complexity index is 1550. The van der Waals surface area contributed by atoms with Gasteiger partial charge in [-0.3, -0.25) is 14.3 Å². The molecule has 0 fully saturated rings. The lowest BCUT2D eigenvalue weighted by Gasteiger charge is -2.36. The summed E-state index contributed by atoms with van der Waals surface area (Å²) in [5, 5.41) is 0.901. The van der Waals surface area contributed by atoms with Gasteiger partial charge in [0.05, 0.1) is 6.61 Å². The van der Waals surface area contributed by atoms with Crippen molar-refractivity contribution < 1.29 is 37.0 Å². The Balaban J connectivity index is 0.000000222. The Kier molecular flexibility index (Phi) is 10.2. The minimum atomic E-state index is -4.66. The van der Waals surface area contributed by atoms with Gasteiger partial charge < -0.3 is 24.5 Å². The van der Waals surface area contributed by atoms with Crippen LogP contribution in [0, 0.1) is 0 Å². The molecule has 0 aliphatic carbocycles. The predicted octanol–water partition coefficient (Wildman–Crippen LogP) is 6.19. The second-order valence-electron chi connectivity index (χ2n) is 9.47. The molecule has 230 valence electrons. The lowest BCUT2D eigenvalue weighted by Crippen LogP contribution is -2.54. The van der Waals surface area contributed by atoms with E-state index in [1.54, 1.807) is 6.92 Å². The molecule has 2 aliphatic rings. The first kappa shape index (κ1) is 32.1. The number of nitrogens with zero attached hydrogens (tertiary/aromatic N) is 2. The van der Waals surface area contributed by atoms with Gasteiger partial charge in [-0.15, -0.1) is 11.8 Å². The van der Waals surface area contributed by atoms with Crippen molar-refractivity contribution in [1.82, 2.24) is 9.58 Å². The highest BCUT2D eigenvalue weighted by Crippen LogP contribution is 2.36. The fraction of sp³-hybridized carbons (Fsp3) is 0.345. The summed E-state index contributed by atoms with van der Waals surface area (Å²) in [6, 6.07) is 13.8. The number of halogens is 4. The Labute approximate surface area is 254 Å². The smallest absolute Gasteiger partial charge is 0.448 e. The largest absolute Gasteiger partial charge is 0.511 e. The van der Waals surface area contributed by atoms with Crippen molar-refractivity contribution in [2.24, 2.45) is 0 Å². The van der Waals surface area contributed by atoms with Gasteiger partial charge in [-0.25, -0.2) is 4.79 Å². The summed E-state index contributed by atoms with van der Waals surface area (Å²) in [7, 11) is 0. The van der Waals surface area contributed by atoms with Gasteiger partial charge >= 0.3 is 12.3 Å². The Morgan fingerprint density at radius 2 is 1.81 bits per heavy atom. The molecule has 2 aromatic carbocycles. The van der Waals surface area contributed by atoms with Crippen molar-refractivity contribution in [3.05, 3.63) is 92.4 Å². The number of aromatic nitrogens is 1. The van der Waals surface area contributed by atoms with Crippen LogP contribution in [0.2, 0.25) is 5.02 Å². The average Bonchev–Trinajstić information content (AvgIpc) is 3.14. The standard InChI is InChI=1S/C15H18F3N3O6.C14H11ClS/c1-4-25-14(24)27-9(3)26-12-10(22)5-6-21-11(12)13(23)20(7-19-21)8(2)15(16,17)18;15-13-6-3-5-10-8-11-4-1-2-7-14(11)16-9-12(10)13/h5-6,8-9,19H,4,7H2,1-3H3;1-7H,8-9H2/t8-,9?;/m1./s1. The van der Waals surface area contributed by atoms with Gasteiger partial charge in [0.15, 0.2) is 5.69 Å². The van der Waals surface area contributed by atoms with E-state index in [2.05, 4.69) is 40.5 Å². The molecule has 0 saturated carbocycles. The van der Waals surface area contributed by atoms with Crippen molar-refractivity contribution in [1.29, 1.82) is 0 Å². The van der Waals surface area contributed by atoms with Crippen LogP contribution in [0.1, 0.15) is 48.0 Å². The number of hydrogen-bond acceptors (Lipinski definition) is 8. The van der Waals surface area contributed by atoms with Gasteiger partial charge in [0.2, 0.25) is 17.5 Å². The van der Waals surface area contributed by atoms with E-state index in [9.17, 15) is 27.6 Å². The zero-order valence-electron chi connectivity index (χ0n) is 23.4. The maximum absolute atomic E-state index is 13.0. The zero-order chi connectivity index (χ0) is 31.3. The van der Waals surface area contributed by atoms with E-state index in [1.807, 2.05) is 23.9 Å². The van der Waals surface area contributed by atoms with Gasteiger partial charge in [0.1, 0.15) is 12.7 Å². The number of benzene rings is 2. The first-order chi connectivity index (χ1) is 20.4. The molecule has 0 bridgehead atoms. The third-order valence-corrected chi connectivity index (χ3v) is 8.12. The van der Waals surface area contributed by atoms with Gasteiger partial charge in [0.25, 0.3) is 5.91 Å². The number of rotatable bonds is 5. The van der Waals surface area contributed by atoms with Crippen molar-refractivity contribution in [2.75, 3.05) is 18.7 Å². The van der Waals surface area contributed by atoms with E-state index in [0.717, 1.165) is 34.9 Å². The molecule has 1 unspecified atom stereocenters. The van der Waals surface area contributed by atoms with Crippen LogP contribution in [0.4, 0.5) is 18.0 Å². The number of nitrogens with one attached hydrogen (secondary N) is 1. The summed E-state index contributed by atoms with van der Waals surface area (Å²) in [6.07, 6.45) is -4.86. The van der Waals surface area contributed by atoms with Crippen LogP contribution in [0.25, 0.3) is 0 Å². The number of carbonyl (C=O) groups is 2. The zero-order valence-corrected chi connectivity index (χ0v) is 25.0. The summed E-state index contributed by atoms with van der Waals surface area (Å²) >= 11 is 8.13. The average molecular weight is 640 g/mol. The predicted molar refractivity (Wildman–Crippen MR) is 155 cm³/mol. The monoisotopic (exact) mass is 639 g/mol. The highest BCUT2D eigenvalue weighted by Gasteiger charge is 2.45. The highest BCUT2D eigenvalue weighted by molar-refractivity contribution is 7.98. The van der Waals surface area contributed by atoms with Gasteiger partial charge in [-0.05, 0) is 49.1 Å². The number of alkyl halides is 3. The first-order valence-corrected chi connectivity index (χ1v) is 14.6. The Hall–Kier alpha value is -3.84. The molecule has 0 spiro atoms. The normalized spacial score (nSPS) is 15.2. The van der Waals surface area contributed by atoms with Gasteiger partial charge in [-0.2, -0.15) is 13.2 Å². The van der Waals surface area contributed by atoms with E-state index in [-0.39, 0.29) is 6.61 Å². The second kappa shape index (κ2) is 13.6. The molecule has 1 N–H and O–H groups in total. The summed E-state index contributed by atoms with van der Waals surface area (Å²) in [4.78, 5) is 37.9. The number of amides is 1. The molecule has 5 rings (SSSR count). The molecule has 2 aliphatic heterocycles. The summed E-state index contributed by atoms with van der Waals surface area (Å²) in [5.41, 5.74) is 5.43. The first-order valence-electron chi connectivity index (χ1n) is 13.2. The maximum atomic E-state index is 13.0. The fourth-order valence-corrected chi connectivity index (χ4v) is 5.85. The van der Waals surface area contributed by atoms with E-state index >= 15 is 0 Å². The van der Waals surface area contributed by atoms with Crippen LogP contribution in [0.15, 0.2) is 64.4 Å². The van der Waals surface area contributed by atoms with Crippen molar-refractivity contribution >= 4 is 35.4 Å². The molecule has 2 atom stereocenters. The quantitative estimate of drug-likeness (QED) is 0.261. The SMILES string of the molecule is CCOC(=O)OC(C)Oc1c2n(ccc1=O)NCN([C@H](C)C(F)(F)F)C2=O.Clc1cccc2c1CSc1ccccc1C2. The van der Waals surface area contributed by atoms with Gasteiger partial charge in [0, 0.05) is 34.9 Å². The van der Waals surface area contributed by atoms with Gasteiger partial charge in [-0.1, -0.05) is 41.9 Å². The number of thioether (sulfide) groups is 1. The molecule has 9 nitrogen and oxygen atoms in total. The van der Waals surface area contributed by atoms with Crippen LogP contribution < -0.4 is 15.6 Å². The van der Waals surface area contributed by atoms with Crippen molar-refractivity contribution in [2.45, 2.75) is 56.3 Å². The summed E-state index contributed by atoms with van der Waals surface area (Å²) in [6.45, 7) is 3.25. The summed E-state index contributed by atoms with van der Waals surface area (Å²) in [5.74, 6) is -0.632. The van der Waals surface area contributed by atoms with Crippen LogP contribution in [-0.2, 0) is 21.6 Å². The molecule has 0 saturated heterocycles. The topological polar surface area (TPSA) is 99.1 Å². The summed E-state index contributed by atoms with van der Waals surface area (Å²) < 4.78 is 54.6. The number of pyridine rings is 1. The van der Waals surface area contributed by atoms with E-state index in [1.165, 1.54) is 34.7 Å². The molecule has 3 aromatic rings. The molecular weight excluding hydrogens is 611 g/mol. The lowest BCUT2D eigenvalue weighted by molar-refractivity contribution is -0.172. The number of ether oxygens (including phenoxy) is 3. The Morgan fingerprint density at radius 3 is 2.53 bits per heavy atom. The molecule has 1 amide bonds. The molecule has 14 heteroatoms. The van der Waals surface area contributed by atoms with E-state index < -0.39 is 54.1 Å². The number of fused-ring (bicyclic) bond motifs is 3.